The number of nitrogens with zero attached hydrogens (tertiary/aromatic N) is 1. The van der Waals surface area contributed by atoms with E-state index in [-0.39, 0.29) is 0 Å². The molecule has 0 amide bonds. The molecule has 0 aliphatic heterocycles. The van der Waals surface area contributed by atoms with Crippen LogP contribution in [0, 0.1) is 0 Å². The van der Waals surface area contributed by atoms with Crippen LogP contribution in [0.1, 0.15) is 6.92 Å². The van der Waals surface area contributed by atoms with Crippen LogP contribution < -0.4 is 0 Å². The van der Waals surface area contributed by atoms with E-state index >= 15 is 0 Å². The minimum Gasteiger partial charge on any atom is -0.383 e. The van der Waals surface area contributed by atoms with Crippen molar-refractivity contribution in [1.82, 2.24) is 4.90 Å². The van der Waals surface area contributed by atoms with Gasteiger partial charge in [-0.3, -0.25) is 0 Å². The Morgan fingerprint density at radius 1 is 1.60 bits per heavy atom. The molecule has 0 aliphatic rings. The van der Waals surface area contributed by atoms with Gasteiger partial charge < -0.3 is 9.64 Å². The molecule has 0 heterocycles. The molecule has 0 aliphatic carbocycles. The predicted molar refractivity (Wildman–Crippen MR) is 47.8 cm³/mol. The molecule has 1 unspecified atom stereocenters. The lowest BCUT2D eigenvalue weighted by molar-refractivity contribution is 0.187. The maximum absolute atomic E-state index is 4.98. The monoisotopic (exact) mass is 209 g/mol. The second kappa shape index (κ2) is 6.13. The third kappa shape index (κ3) is 5.21. The standard InChI is InChI=1S/C7H16BrNO/c1-4-9(2)5-7(8)6-10-3/h7H,4-6H2,1-3H3. The van der Waals surface area contributed by atoms with Crippen molar-refractivity contribution in [3.8, 4) is 0 Å². The molecular weight excluding hydrogens is 194 g/mol. The van der Waals surface area contributed by atoms with E-state index in [2.05, 4.69) is 34.8 Å². The van der Waals surface area contributed by atoms with Gasteiger partial charge >= 0.3 is 0 Å². The topological polar surface area (TPSA) is 12.5 Å². The molecule has 0 fully saturated rings. The molecule has 0 bridgehead atoms. The Bertz CT molecular complexity index is 80.0. The van der Waals surface area contributed by atoms with Gasteiger partial charge in [-0.25, -0.2) is 0 Å². The first-order chi connectivity index (χ1) is 4.70. The van der Waals surface area contributed by atoms with Gasteiger partial charge in [0.2, 0.25) is 0 Å². The summed E-state index contributed by atoms with van der Waals surface area (Å²) in [4.78, 5) is 2.71. The van der Waals surface area contributed by atoms with Crippen LogP contribution in [0.5, 0.6) is 0 Å². The van der Waals surface area contributed by atoms with Crippen LogP contribution in [0.2, 0.25) is 0 Å². The third-order valence-electron chi connectivity index (χ3n) is 1.40. The van der Waals surface area contributed by atoms with Crippen molar-refractivity contribution in [2.24, 2.45) is 0 Å². The number of hydrogen-bond acceptors (Lipinski definition) is 2. The zero-order valence-electron chi connectivity index (χ0n) is 6.93. The highest BCUT2D eigenvalue weighted by molar-refractivity contribution is 9.09. The van der Waals surface area contributed by atoms with E-state index in [1.54, 1.807) is 7.11 Å². The zero-order valence-corrected chi connectivity index (χ0v) is 8.52. The van der Waals surface area contributed by atoms with E-state index < -0.39 is 0 Å². The van der Waals surface area contributed by atoms with Crippen molar-refractivity contribution in [1.29, 1.82) is 0 Å². The minimum atomic E-state index is 0.461. The average molecular weight is 210 g/mol. The normalized spacial score (nSPS) is 14.1. The molecule has 3 heteroatoms. The fourth-order valence-corrected chi connectivity index (χ4v) is 1.46. The molecule has 0 N–H and O–H groups in total. The molecule has 62 valence electrons. The van der Waals surface area contributed by atoms with E-state index in [4.69, 9.17) is 4.74 Å². The Labute approximate surface area is 71.7 Å². The summed E-state index contributed by atoms with van der Waals surface area (Å²) in [6.45, 7) is 5.06. The number of halogens is 1. The predicted octanol–water partition coefficient (Wildman–Crippen LogP) is 1.35. The van der Waals surface area contributed by atoms with Gasteiger partial charge in [-0.05, 0) is 13.6 Å². The highest BCUT2D eigenvalue weighted by Gasteiger charge is 2.04. The number of ether oxygens (including phenoxy) is 1. The summed E-state index contributed by atoms with van der Waals surface area (Å²) in [5.41, 5.74) is 0. The Morgan fingerprint density at radius 3 is 2.60 bits per heavy atom. The van der Waals surface area contributed by atoms with E-state index in [0.717, 1.165) is 19.7 Å². The van der Waals surface area contributed by atoms with Crippen LogP contribution >= 0.6 is 15.9 Å². The van der Waals surface area contributed by atoms with Gasteiger partial charge in [-0.1, -0.05) is 22.9 Å². The average Bonchev–Trinajstić information content (AvgIpc) is 1.88. The number of hydrogen-bond donors (Lipinski definition) is 0. The van der Waals surface area contributed by atoms with Crippen molar-refractivity contribution < 1.29 is 4.74 Å². The summed E-state index contributed by atoms with van der Waals surface area (Å²) in [5, 5.41) is 0. The molecule has 1 atom stereocenters. The van der Waals surface area contributed by atoms with Gasteiger partial charge in [0.05, 0.1) is 11.4 Å². The summed E-state index contributed by atoms with van der Waals surface area (Å²) >= 11 is 3.51. The highest BCUT2D eigenvalue weighted by Crippen LogP contribution is 2.00. The number of methoxy groups -OCH3 is 1. The molecule has 2 nitrogen and oxygen atoms in total. The first-order valence-electron chi connectivity index (χ1n) is 3.52. The molecule has 0 aromatic heterocycles. The van der Waals surface area contributed by atoms with Gasteiger partial charge in [-0.15, -0.1) is 0 Å². The maximum atomic E-state index is 4.98. The first kappa shape index (κ1) is 10.4. The second-order valence-electron chi connectivity index (χ2n) is 2.41. The number of alkyl halides is 1. The van der Waals surface area contributed by atoms with Crippen molar-refractivity contribution in [2.75, 3.05) is 33.9 Å². The maximum Gasteiger partial charge on any atom is 0.0600 e. The van der Waals surface area contributed by atoms with Crippen LogP contribution in [-0.2, 0) is 4.74 Å². The van der Waals surface area contributed by atoms with Crippen molar-refractivity contribution in [3.63, 3.8) is 0 Å². The third-order valence-corrected chi connectivity index (χ3v) is 1.95. The molecule has 0 spiro atoms. The van der Waals surface area contributed by atoms with Gasteiger partial charge in [0.1, 0.15) is 0 Å². The van der Waals surface area contributed by atoms with Crippen LogP contribution in [0.15, 0.2) is 0 Å². The van der Waals surface area contributed by atoms with E-state index in [9.17, 15) is 0 Å². The van der Waals surface area contributed by atoms with Crippen molar-refractivity contribution in [3.05, 3.63) is 0 Å². The lowest BCUT2D eigenvalue weighted by Gasteiger charge is -2.17. The first-order valence-corrected chi connectivity index (χ1v) is 4.43. The fraction of sp³-hybridized carbons (Fsp3) is 1.00. The van der Waals surface area contributed by atoms with Crippen LogP contribution in [0.3, 0.4) is 0 Å². The van der Waals surface area contributed by atoms with Gasteiger partial charge in [0, 0.05) is 13.7 Å². The largest absolute Gasteiger partial charge is 0.383 e. The summed E-state index contributed by atoms with van der Waals surface area (Å²) in [6, 6.07) is 0. The Kier molecular flexibility index (Phi) is 6.38. The van der Waals surface area contributed by atoms with Gasteiger partial charge in [0.15, 0.2) is 0 Å². The Balaban J connectivity index is 3.27. The summed E-state index contributed by atoms with van der Waals surface area (Å²) in [5.74, 6) is 0. The summed E-state index contributed by atoms with van der Waals surface area (Å²) < 4.78 is 4.98. The lowest BCUT2D eigenvalue weighted by Crippen LogP contribution is -2.27. The zero-order chi connectivity index (χ0) is 7.98. The minimum absolute atomic E-state index is 0.461. The van der Waals surface area contributed by atoms with E-state index in [1.807, 2.05) is 0 Å². The number of rotatable bonds is 5. The van der Waals surface area contributed by atoms with Crippen LogP contribution in [0.4, 0.5) is 0 Å². The Morgan fingerprint density at radius 2 is 2.20 bits per heavy atom. The molecule has 0 saturated heterocycles. The molecule has 0 aromatic rings. The highest BCUT2D eigenvalue weighted by atomic mass is 79.9. The van der Waals surface area contributed by atoms with Gasteiger partial charge in [0.25, 0.3) is 0 Å². The van der Waals surface area contributed by atoms with Gasteiger partial charge in [-0.2, -0.15) is 0 Å². The quantitative estimate of drug-likeness (QED) is 0.635. The molecule has 0 saturated carbocycles. The molecule has 10 heavy (non-hydrogen) atoms. The molecular formula is C7H16BrNO. The smallest absolute Gasteiger partial charge is 0.0600 e. The van der Waals surface area contributed by atoms with E-state index in [1.165, 1.54) is 0 Å². The SMILES string of the molecule is CCN(C)CC(Br)COC. The van der Waals surface area contributed by atoms with E-state index in [0.29, 0.717) is 4.83 Å². The molecule has 0 aromatic carbocycles. The molecule has 0 radical (unpaired) electrons. The van der Waals surface area contributed by atoms with Crippen LogP contribution in [-0.4, -0.2) is 43.6 Å². The van der Waals surface area contributed by atoms with Crippen molar-refractivity contribution in [2.45, 2.75) is 11.8 Å². The fourth-order valence-electron chi connectivity index (χ4n) is 0.701. The van der Waals surface area contributed by atoms with Crippen molar-refractivity contribution >= 4 is 15.9 Å². The second-order valence-corrected chi connectivity index (χ2v) is 3.70. The molecule has 0 rings (SSSR count). The summed E-state index contributed by atoms with van der Waals surface area (Å²) in [7, 11) is 3.82. The van der Waals surface area contributed by atoms with Crippen LogP contribution in [0.25, 0.3) is 0 Å². The Hall–Kier alpha value is 0.400. The summed E-state index contributed by atoms with van der Waals surface area (Å²) in [6.07, 6.45) is 0. The lowest BCUT2D eigenvalue weighted by atomic mass is 10.4.